The molecule has 0 unspecified atom stereocenters. The van der Waals surface area contributed by atoms with Gasteiger partial charge in [-0.2, -0.15) is 0 Å². The third kappa shape index (κ3) is 5.06. The minimum atomic E-state index is 0.00603. The van der Waals surface area contributed by atoms with Crippen LogP contribution in [0.3, 0.4) is 0 Å². The lowest BCUT2D eigenvalue weighted by Crippen LogP contribution is -2.44. The van der Waals surface area contributed by atoms with Gasteiger partial charge in [-0.25, -0.2) is 0 Å². The van der Waals surface area contributed by atoms with E-state index in [1.54, 1.807) is 24.3 Å². The van der Waals surface area contributed by atoms with Gasteiger partial charge >= 0.3 is 0 Å². The number of carbonyl (C=O) groups is 2. The zero-order valence-electron chi connectivity index (χ0n) is 14.0. The van der Waals surface area contributed by atoms with E-state index in [9.17, 15) is 9.59 Å². The second kappa shape index (κ2) is 8.67. The molecule has 0 aromatic heterocycles. The van der Waals surface area contributed by atoms with E-state index in [1.165, 1.54) is 0 Å². The SMILES string of the molecule is CCOc1ccc(C(=O)CCC(=O)N2CCC(NC)CC2)cc1. The summed E-state index contributed by atoms with van der Waals surface area (Å²) in [7, 11) is 1.96. The molecule has 1 aliphatic heterocycles. The van der Waals surface area contributed by atoms with Crippen LogP contribution < -0.4 is 10.1 Å². The van der Waals surface area contributed by atoms with Crippen LogP contribution in [0.4, 0.5) is 0 Å². The van der Waals surface area contributed by atoms with E-state index in [0.29, 0.717) is 18.2 Å². The van der Waals surface area contributed by atoms with Crippen molar-refractivity contribution in [3.63, 3.8) is 0 Å². The number of ketones is 1. The molecule has 1 aromatic rings. The summed E-state index contributed by atoms with van der Waals surface area (Å²) in [6.07, 6.45) is 2.51. The Balaban J connectivity index is 1.78. The molecule has 1 aliphatic rings. The molecule has 1 N–H and O–H groups in total. The first-order valence-electron chi connectivity index (χ1n) is 8.35. The monoisotopic (exact) mass is 318 g/mol. The van der Waals surface area contributed by atoms with Crippen LogP contribution in [-0.2, 0) is 4.79 Å². The van der Waals surface area contributed by atoms with Crippen LogP contribution in [0, 0.1) is 0 Å². The first-order valence-corrected chi connectivity index (χ1v) is 8.35. The number of ether oxygens (including phenoxy) is 1. The van der Waals surface area contributed by atoms with Crippen molar-refractivity contribution in [2.75, 3.05) is 26.7 Å². The van der Waals surface area contributed by atoms with E-state index in [4.69, 9.17) is 4.74 Å². The Kier molecular flexibility index (Phi) is 6.59. The lowest BCUT2D eigenvalue weighted by molar-refractivity contribution is -0.132. The highest BCUT2D eigenvalue weighted by Gasteiger charge is 2.22. The van der Waals surface area contributed by atoms with Gasteiger partial charge < -0.3 is 15.0 Å². The summed E-state index contributed by atoms with van der Waals surface area (Å²) in [5.41, 5.74) is 0.634. The average molecular weight is 318 g/mol. The van der Waals surface area contributed by atoms with Gasteiger partial charge in [-0.15, -0.1) is 0 Å². The normalized spacial score (nSPS) is 15.5. The number of carbonyl (C=O) groups excluding carboxylic acids is 2. The Morgan fingerprint density at radius 1 is 1.17 bits per heavy atom. The molecule has 23 heavy (non-hydrogen) atoms. The summed E-state index contributed by atoms with van der Waals surface area (Å²) in [4.78, 5) is 26.3. The molecule has 5 heteroatoms. The molecule has 2 rings (SSSR count). The zero-order valence-corrected chi connectivity index (χ0v) is 14.0. The highest BCUT2D eigenvalue weighted by atomic mass is 16.5. The quantitative estimate of drug-likeness (QED) is 0.784. The van der Waals surface area contributed by atoms with Crippen molar-refractivity contribution in [1.29, 1.82) is 0 Å². The number of hydrogen-bond acceptors (Lipinski definition) is 4. The first-order chi connectivity index (χ1) is 11.1. The second-order valence-electron chi connectivity index (χ2n) is 5.82. The van der Waals surface area contributed by atoms with E-state index in [2.05, 4.69) is 5.32 Å². The molecule has 1 amide bonds. The summed E-state index contributed by atoms with van der Waals surface area (Å²) in [6.45, 7) is 4.08. The molecule has 0 bridgehead atoms. The average Bonchev–Trinajstić information content (AvgIpc) is 2.60. The lowest BCUT2D eigenvalue weighted by atomic mass is 10.0. The number of nitrogens with zero attached hydrogens (tertiary/aromatic N) is 1. The van der Waals surface area contributed by atoms with Gasteiger partial charge in [0.2, 0.25) is 5.91 Å². The smallest absolute Gasteiger partial charge is 0.223 e. The molecule has 126 valence electrons. The molecule has 0 saturated carbocycles. The molecular weight excluding hydrogens is 292 g/mol. The van der Waals surface area contributed by atoms with Gasteiger partial charge in [-0.1, -0.05) is 0 Å². The van der Waals surface area contributed by atoms with Crippen LogP contribution in [-0.4, -0.2) is 49.4 Å². The van der Waals surface area contributed by atoms with E-state index in [1.807, 2.05) is 18.9 Å². The predicted molar refractivity (Wildman–Crippen MR) is 89.8 cm³/mol. The molecule has 0 radical (unpaired) electrons. The number of hydrogen-bond donors (Lipinski definition) is 1. The van der Waals surface area contributed by atoms with Gasteiger partial charge in [-0.05, 0) is 51.1 Å². The molecule has 1 saturated heterocycles. The molecule has 5 nitrogen and oxygen atoms in total. The Labute approximate surface area is 138 Å². The van der Waals surface area contributed by atoms with Crippen molar-refractivity contribution in [3.8, 4) is 5.75 Å². The molecule has 1 aromatic carbocycles. The molecule has 1 heterocycles. The van der Waals surface area contributed by atoms with Gasteiger partial charge in [0.05, 0.1) is 6.61 Å². The number of piperidine rings is 1. The Bertz CT molecular complexity index is 520. The Morgan fingerprint density at radius 2 is 1.83 bits per heavy atom. The van der Waals surface area contributed by atoms with Crippen LogP contribution in [0.5, 0.6) is 5.75 Å². The molecule has 0 atom stereocenters. The number of benzene rings is 1. The zero-order chi connectivity index (χ0) is 16.7. The maximum absolute atomic E-state index is 12.2. The largest absolute Gasteiger partial charge is 0.494 e. The van der Waals surface area contributed by atoms with Crippen LogP contribution in [0.2, 0.25) is 0 Å². The van der Waals surface area contributed by atoms with Crippen molar-refractivity contribution in [1.82, 2.24) is 10.2 Å². The van der Waals surface area contributed by atoms with Gasteiger partial charge in [-0.3, -0.25) is 9.59 Å². The summed E-state index contributed by atoms with van der Waals surface area (Å²) < 4.78 is 5.36. The van der Waals surface area contributed by atoms with Gasteiger partial charge in [0, 0.05) is 37.5 Å². The van der Waals surface area contributed by atoms with Crippen LogP contribution in [0.25, 0.3) is 0 Å². The standard InChI is InChI=1S/C18H26N2O3/c1-3-23-16-6-4-14(5-7-16)17(21)8-9-18(22)20-12-10-15(19-2)11-13-20/h4-7,15,19H,3,8-13H2,1-2H3. The maximum Gasteiger partial charge on any atom is 0.223 e. The van der Waals surface area contributed by atoms with E-state index < -0.39 is 0 Å². The van der Waals surface area contributed by atoms with Crippen molar-refractivity contribution in [2.45, 2.75) is 38.6 Å². The summed E-state index contributed by atoms with van der Waals surface area (Å²) in [5, 5.41) is 3.25. The van der Waals surface area contributed by atoms with Crippen LogP contribution in [0.1, 0.15) is 43.0 Å². The second-order valence-corrected chi connectivity index (χ2v) is 5.82. The Hall–Kier alpha value is -1.88. The van der Waals surface area contributed by atoms with Crippen molar-refractivity contribution < 1.29 is 14.3 Å². The third-order valence-corrected chi connectivity index (χ3v) is 4.31. The van der Waals surface area contributed by atoms with E-state index >= 15 is 0 Å². The molecular formula is C18H26N2O3. The minimum absolute atomic E-state index is 0.00603. The highest BCUT2D eigenvalue weighted by molar-refractivity contribution is 5.98. The lowest BCUT2D eigenvalue weighted by Gasteiger charge is -2.31. The fourth-order valence-corrected chi connectivity index (χ4v) is 2.84. The van der Waals surface area contributed by atoms with E-state index in [-0.39, 0.29) is 24.5 Å². The number of likely N-dealkylation sites (tertiary alicyclic amines) is 1. The summed E-state index contributed by atoms with van der Waals surface area (Å²) in [6, 6.07) is 7.61. The van der Waals surface area contributed by atoms with Crippen molar-refractivity contribution >= 4 is 11.7 Å². The van der Waals surface area contributed by atoms with E-state index in [0.717, 1.165) is 31.7 Å². The molecule has 0 aliphatic carbocycles. The van der Waals surface area contributed by atoms with Gasteiger partial charge in [0.1, 0.15) is 5.75 Å². The maximum atomic E-state index is 12.2. The minimum Gasteiger partial charge on any atom is -0.494 e. The fraction of sp³-hybridized carbons (Fsp3) is 0.556. The van der Waals surface area contributed by atoms with Crippen molar-refractivity contribution in [2.24, 2.45) is 0 Å². The highest BCUT2D eigenvalue weighted by Crippen LogP contribution is 2.15. The third-order valence-electron chi connectivity index (χ3n) is 4.31. The van der Waals surface area contributed by atoms with Crippen LogP contribution >= 0.6 is 0 Å². The van der Waals surface area contributed by atoms with Crippen molar-refractivity contribution in [3.05, 3.63) is 29.8 Å². The van der Waals surface area contributed by atoms with Gasteiger partial charge in [0.15, 0.2) is 5.78 Å². The number of Topliss-reactive ketones (excluding diaryl/α,β-unsaturated/α-hetero) is 1. The molecule has 0 spiro atoms. The number of amides is 1. The van der Waals surface area contributed by atoms with Gasteiger partial charge in [0.25, 0.3) is 0 Å². The topological polar surface area (TPSA) is 58.6 Å². The Morgan fingerprint density at radius 3 is 2.39 bits per heavy atom. The number of rotatable bonds is 7. The summed E-state index contributed by atoms with van der Waals surface area (Å²) >= 11 is 0. The first kappa shape index (κ1) is 17.5. The summed E-state index contributed by atoms with van der Waals surface area (Å²) in [5.74, 6) is 0.845. The number of nitrogens with one attached hydrogen (secondary N) is 1. The predicted octanol–water partition coefficient (Wildman–Crippen LogP) is 2.26. The fourth-order valence-electron chi connectivity index (χ4n) is 2.84. The molecule has 1 fully saturated rings. The van der Waals surface area contributed by atoms with Crippen LogP contribution in [0.15, 0.2) is 24.3 Å².